The lowest BCUT2D eigenvalue weighted by molar-refractivity contribution is 0.344. The van der Waals surface area contributed by atoms with E-state index in [4.69, 9.17) is 9.11 Å². The smallest absolute Gasteiger partial charge is 0.412 e. The van der Waals surface area contributed by atoms with E-state index in [9.17, 15) is 16.8 Å². The van der Waals surface area contributed by atoms with E-state index in [1.54, 1.807) is 0 Å². The second-order valence-electron chi connectivity index (χ2n) is 5.62. The minimum Gasteiger partial charge on any atom is -0.412 e. The van der Waals surface area contributed by atoms with E-state index in [1.165, 1.54) is 11.7 Å². The Labute approximate surface area is 159 Å². The molecule has 8 N–H and O–H groups in total. The monoisotopic (exact) mass is 438 g/mol. The molecular weight excluding hydrogens is 408 g/mol. The Morgan fingerprint density at radius 1 is 0.815 bits per heavy atom. The highest BCUT2D eigenvalue weighted by Crippen LogP contribution is 1.98. The molecule has 0 unspecified atom stereocenters. The maximum absolute atomic E-state index is 9.44. The zero-order valence-corrected chi connectivity index (χ0v) is 17.3. The first-order valence-electron chi connectivity index (χ1n) is 7.54. The third-order valence-electron chi connectivity index (χ3n) is 2.67. The van der Waals surface area contributed by atoms with Crippen LogP contribution in [0.2, 0.25) is 0 Å². The second kappa shape index (κ2) is 13.8. The Balaban J connectivity index is -0.000000309. The summed E-state index contributed by atoms with van der Waals surface area (Å²) < 4.78 is 55.6. The lowest BCUT2D eigenvalue weighted by Gasteiger charge is -2.02. The molecule has 15 heteroatoms. The van der Waals surface area contributed by atoms with Gasteiger partial charge in [-0.3, -0.25) is 19.1 Å². The van der Waals surface area contributed by atoms with Gasteiger partial charge < -0.3 is 21.6 Å². The average Bonchev–Trinajstić information content (AvgIpc) is 3.10. The van der Waals surface area contributed by atoms with Gasteiger partial charge in [-0.2, -0.15) is 16.8 Å². The molecule has 0 amide bonds. The van der Waals surface area contributed by atoms with Crippen molar-refractivity contribution in [1.29, 1.82) is 0 Å². The van der Waals surface area contributed by atoms with Crippen LogP contribution in [0.1, 0.15) is 27.7 Å². The van der Waals surface area contributed by atoms with Crippen LogP contribution in [0.25, 0.3) is 0 Å². The third kappa shape index (κ3) is 17.8. The standard InChI is InChI=1S/2C6H12N2.H2O7S2.2H2O/c2*1-5(2)6-7-3-4-8-6;1-8(2,3)7-9(4,5)6;;/h2*5H,3-4H2,1-2H3,(H,7,8);(H,1,2,3)(H,4,5,6);2*1H2. The summed E-state index contributed by atoms with van der Waals surface area (Å²) in [5.74, 6) is 3.50. The van der Waals surface area contributed by atoms with Gasteiger partial charge in [0.1, 0.15) is 0 Å². The van der Waals surface area contributed by atoms with Crippen LogP contribution in [0.5, 0.6) is 0 Å². The maximum Gasteiger partial charge on any atom is 0.413 e. The summed E-state index contributed by atoms with van der Waals surface area (Å²) in [5, 5.41) is 6.41. The van der Waals surface area contributed by atoms with Crippen molar-refractivity contribution in [2.75, 3.05) is 26.2 Å². The van der Waals surface area contributed by atoms with Gasteiger partial charge in [-0.1, -0.05) is 27.7 Å². The summed E-state index contributed by atoms with van der Waals surface area (Å²) in [6.45, 7) is 12.6. The van der Waals surface area contributed by atoms with Crippen LogP contribution in [0.3, 0.4) is 0 Å². The summed E-state index contributed by atoms with van der Waals surface area (Å²) in [4.78, 5) is 8.48. The van der Waals surface area contributed by atoms with Gasteiger partial charge in [0.2, 0.25) is 0 Å². The zero-order chi connectivity index (χ0) is 19.7. The van der Waals surface area contributed by atoms with Crippen molar-refractivity contribution < 1.29 is 40.5 Å². The molecule has 0 aromatic carbocycles. The van der Waals surface area contributed by atoms with Crippen molar-refractivity contribution in [1.82, 2.24) is 10.6 Å². The van der Waals surface area contributed by atoms with Crippen molar-refractivity contribution in [2.24, 2.45) is 21.8 Å². The van der Waals surface area contributed by atoms with Crippen LogP contribution < -0.4 is 10.6 Å². The number of hydrogen-bond acceptors (Lipinski definition) is 9. The fourth-order valence-corrected chi connectivity index (χ4v) is 2.58. The Morgan fingerprint density at radius 3 is 1.19 bits per heavy atom. The number of amidine groups is 2. The SMILES string of the molecule is CC(C)C1=NCCN1.CC(C)C1=NCCN1.O.O.O=S(=O)(O)OS(=O)(=O)O. The van der Waals surface area contributed by atoms with Crippen LogP contribution in [0.4, 0.5) is 0 Å². The maximum atomic E-state index is 9.44. The number of nitrogens with one attached hydrogen (secondary N) is 2. The fraction of sp³-hybridized carbons (Fsp3) is 0.833. The van der Waals surface area contributed by atoms with E-state index in [-0.39, 0.29) is 11.0 Å². The molecule has 0 saturated carbocycles. The van der Waals surface area contributed by atoms with E-state index >= 15 is 0 Å². The van der Waals surface area contributed by atoms with E-state index < -0.39 is 20.8 Å². The normalized spacial score (nSPS) is 15.6. The molecule has 0 radical (unpaired) electrons. The van der Waals surface area contributed by atoms with Crippen molar-refractivity contribution in [3.8, 4) is 0 Å². The molecule has 2 aliphatic heterocycles. The van der Waals surface area contributed by atoms with Gasteiger partial charge in [-0.25, -0.2) is 0 Å². The van der Waals surface area contributed by atoms with Gasteiger partial charge in [0.25, 0.3) is 0 Å². The number of nitrogens with zero attached hydrogens (tertiary/aromatic N) is 2. The first kappa shape index (κ1) is 30.4. The molecule has 0 fully saturated rings. The average molecular weight is 439 g/mol. The van der Waals surface area contributed by atoms with Gasteiger partial charge in [-0.15, -0.1) is 3.63 Å². The van der Waals surface area contributed by atoms with Gasteiger partial charge in [0, 0.05) is 24.9 Å². The van der Waals surface area contributed by atoms with Crippen molar-refractivity contribution in [3.63, 3.8) is 0 Å². The molecule has 0 aliphatic carbocycles. The van der Waals surface area contributed by atoms with E-state index in [0.717, 1.165) is 26.2 Å². The summed E-state index contributed by atoms with van der Waals surface area (Å²) >= 11 is 0. The van der Waals surface area contributed by atoms with Gasteiger partial charge in [0.15, 0.2) is 0 Å². The van der Waals surface area contributed by atoms with Crippen LogP contribution in [-0.2, 0) is 24.4 Å². The molecule has 0 spiro atoms. The van der Waals surface area contributed by atoms with Gasteiger partial charge in [0.05, 0.1) is 24.8 Å². The van der Waals surface area contributed by atoms with Crippen molar-refractivity contribution in [3.05, 3.63) is 0 Å². The molecule has 164 valence electrons. The van der Waals surface area contributed by atoms with Crippen LogP contribution in [0.15, 0.2) is 9.98 Å². The molecule has 0 saturated heterocycles. The van der Waals surface area contributed by atoms with Crippen molar-refractivity contribution in [2.45, 2.75) is 27.7 Å². The van der Waals surface area contributed by atoms with Crippen LogP contribution in [-0.4, -0.2) is 74.7 Å². The van der Waals surface area contributed by atoms with Gasteiger partial charge in [-0.05, 0) is 0 Å². The predicted molar refractivity (Wildman–Crippen MR) is 102 cm³/mol. The van der Waals surface area contributed by atoms with Crippen LogP contribution >= 0.6 is 0 Å². The van der Waals surface area contributed by atoms with E-state index in [2.05, 4.69) is 51.9 Å². The highest BCUT2D eigenvalue weighted by molar-refractivity contribution is 7.94. The molecule has 2 heterocycles. The Hall–Kier alpha value is -1.36. The summed E-state index contributed by atoms with van der Waals surface area (Å²) in [5.41, 5.74) is 0. The topological polar surface area (TPSA) is 230 Å². The Kier molecular flexibility index (Phi) is 15.5. The lowest BCUT2D eigenvalue weighted by atomic mass is 10.2. The molecule has 0 aromatic heterocycles. The first-order chi connectivity index (χ1) is 11.3. The van der Waals surface area contributed by atoms with Gasteiger partial charge >= 0.3 is 20.8 Å². The molecule has 2 rings (SSSR count). The third-order valence-corrected chi connectivity index (χ3v) is 4.04. The van der Waals surface area contributed by atoms with E-state index in [1.807, 2.05) is 0 Å². The Bertz CT molecular complexity index is 615. The molecule has 27 heavy (non-hydrogen) atoms. The quantitative estimate of drug-likeness (QED) is 0.364. The minimum atomic E-state index is -5.12. The molecule has 0 aromatic rings. The summed E-state index contributed by atoms with van der Waals surface area (Å²) in [7, 11) is -10.2. The number of hydrogen-bond donors (Lipinski definition) is 4. The molecular formula is C12H30N4O9S2. The zero-order valence-electron chi connectivity index (χ0n) is 15.6. The number of aliphatic imine (C=N–C) groups is 2. The summed E-state index contributed by atoms with van der Waals surface area (Å²) in [6, 6.07) is 0. The van der Waals surface area contributed by atoms with Crippen LogP contribution in [0, 0.1) is 11.8 Å². The largest absolute Gasteiger partial charge is 0.413 e. The molecule has 2 aliphatic rings. The highest BCUT2D eigenvalue weighted by Gasteiger charge is 2.15. The minimum absolute atomic E-state index is 0. The molecule has 0 bridgehead atoms. The Morgan fingerprint density at radius 2 is 1.11 bits per heavy atom. The number of rotatable bonds is 4. The highest BCUT2D eigenvalue weighted by atomic mass is 32.3. The van der Waals surface area contributed by atoms with E-state index in [0.29, 0.717) is 11.8 Å². The lowest BCUT2D eigenvalue weighted by Crippen LogP contribution is -2.23. The second-order valence-corrected chi connectivity index (χ2v) is 7.88. The molecule has 0 atom stereocenters. The predicted octanol–water partition coefficient (Wildman–Crippen LogP) is -1.75. The van der Waals surface area contributed by atoms with Crippen molar-refractivity contribution >= 4 is 32.5 Å². The summed E-state index contributed by atoms with van der Waals surface area (Å²) in [6.07, 6.45) is 0. The molecule has 13 nitrogen and oxygen atoms in total. The fourth-order valence-electron chi connectivity index (χ4n) is 1.71. The first-order valence-corrected chi connectivity index (χ1v) is 10.3.